The minimum atomic E-state index is -0.115. The molecule has 0 fully saturated rings. The third kappa shape index (κ3) is 4.06. The SMILES string of the molecule is COCCCNC(=O)Cn1ccc(=O)c2ccc(Cl)cc21. The van der Waals surface area contributed by atoms with E-state index in [2.05, 4.69) is 5.32 Å². The van der Waals surface area contributed by atoms with Gasteiger partial charge in [0.25, 0.3) is 0 Å². The van der Waals surface area contributed by atoms with Crippen LogP contribution in [-0.4, -0.2) is 30.7 Å². The van der Waals surface area contributed by atoms with Gasteiger partial charge in [0.05, 0.1) is 5.52 Å². The fraction of sp³-hybridized carbons (Fsp3) is 0.333. The molecule has 2 aromatic rings. The quantitative estimate of drug-likeness (QED) is 0.828. The predicted molar refractivity (Wildman–Crippen MR) is 82.7 cm³/mol. The summed E-state index contributed by atoms with van der Waals surface area (Å²) in [5.41, 5.74) is 0.570. The van der Waals surface area contributed by atoms with Crippen LogP contribution in [0.5, 0.6) is 0 Å². The van der Waals surface area contributed by atoms with Gasteiger partial charge in [-0.3, -0.25) is 9.59 Å². The van der Waals surface area contributed by atoms with Gasteiger partial charge in [-0.1, -0.05) is 11.6 Å². The number of pyridine rings is 1. The van der Waals surface area contributed by atoms with Crippen molar-refractivity contribution in [2.45, 2.75) is 13.0 Å². The van der Waals surface area contributed by atoms with Crippen molar-refractivity contribution in [3.63, 3.8) is 0 Å². The summed E-state index contributed by atoms with van der Waals surface area (Å²) >= 11 is 5.97. The summed E-state index contributed by atoms with van der Waals surface area (Å²) in [6.45, 7) is 1.31. The van der Waals surface area contributed by atoms with E-state index in [9.17, 15) is 9.59 Å². The summed E-state index contributed by atoms with van der Waals surface area (Å²) in [5, 5.41) is 3.89. The maximum atomic E-state index is 11.9. The summed E-state index contributed by atoms with van der Waals surface area (Å²) in [7, 11) is 1.62. The summed E-state index contributed by atoms with van der Waals surface area (Å²) < 4.78 is 6.64. The van der Waals surface area contributed by atoms with Crippen LogP contribution in [-0.2, 0) is 16.1 Å². The van der Waals surface area contributed by atoms with Crippen LogP contribution < -0.4 is 10.7 Å². The topological polar surface area (TPSA) is 60.3 Å². The molecule has 0 spiro atoms. The van der Waals surface area contributed by atoms with Gasteiger partial charge >= 0.3 is 0 Å². The van der Waals surface area contributed by atoms with Crippen LogP contribution in [0.4, 0.5) is 0 Å². The normalized spacial score (nSPS) is 10.8. The van der Waals surface area contributed by atoms with Crippen molar-refractivity contribution < 1.29 is 9.53 Å². The molecule has 5 nitrogen and oxygen atoms in total. The molecule has 0 unspecified atom stereocenters. The fourth-order valence-electron chi connectivity index (χ4n) is 2.07. The van der Waals surface area contributed by atoms with E-state index in [0.29, 0.717) is 29.1 Å². The number of benzene rings is 1. The van der Waals surface area contributed by atoms with Gasteiger partial charge in [0.1, 0.15) is 6.54 Å². The molecule has 1 aromatic heterocycles. The zero-order valence-electron chi connectivity index (χ0n) is 11.8. The van der Waals surface area contributed by atoms with Crippen LogP contribution in [0.25, 0.3) is 10.9 Å². The van der Waals surface area contributed by atoms with Crippen molar-refractivity contribution in [3.8, 4) is 0 Å². The molecule has 1 amide bonds. The van der Waals surface area contributed by atoms with Crippen molar-refractivity contribution in [3.05, 3.63) is 45.7 Å². The molecule has 112 valence electrons. The number of carbonyl (C=O) groups is 1. The molecule has 6 heteroatoms. The third-order valence-electron chi connectivity index (χ3n) is 3.10. The van der Waals surface area contributed by atoms with Gasteiger partial charge < -0.3 is 14.6 Å². The van der Waals surface area contributed by atoms with Crippen molar-refractivity contribution in [2.75, 3.05) is 20.3 Å². The Hall–Kier alpha value is -1.85. The Labute approximate surface area is 127 Å². The first-order valence-corrected chi connectivity index (χ1v) is 7.04. The van der Waals surface area contributed by atoms with E-state index >= 15 is 0 Å². The van der Waals surface area contributed by atoms with Gasteiger partial charge in [-0.25, -0.2) is 0 Å². The molecule has 1 N–H and O–H groups in total. The number of halogens is 1. The lowest BCUT2D eigenvalue weighted by Crippen LogP contribution is -2.29. The number of aromatic nitrogens is 1. The van der Waals surface area contributed by atoms with Gasteiger partial charge in [-0.15, -0.1) is 0 Å². The van der Waals surface area contributed by atoms with Gasteiger partial charge in [0, 0.05) is 42.9 Å². The molecule has 21 heavy (non-hydrogen) atoms. The lowest BCUT2D eigenvalue weighted by molar-refractivity contribution is -0.121. The average molecular weight is 309 g/mol. The summed E-state index contributed by atoms with van der Waals surface area (Å²) in [6, 6.07) is 6.48. The van der Waals surface area contributed by atoms with Gasteiger partial charge in [-0.2, -0.15) is 0 Å². The second kappa shape index (κ2) is 7.24. The maximum absolute atomic E-state index is 11.9. The number of nitrogens with one attached hydrogen (secondary N) is 1. The number of hydrogen-bond acceptors (Lipinski definition) is 3. The lowest BCUT2D eigenvalue weighted by atomic mass is 10.2. The van der Waals surface area contributed by atoms with Crippen LogP contribution in [0.3, 0.4) is 0 Å². The number of nitrogens with zero attached hydrogens (tertiary/aromatic N) is 1. The minimum absolute atomic E-state index is 0.0848. The van der Waals surface area contributed by atoms with Crippen molar-refractivity contribution in [2.24, 2.45) is 0 Å². The number of methoxy groups -OCH3 is 1. The number of rotatable bonds is 6. The summed E-state index contributed by atoms with van der Waals surface area (Å²) in [6.07, 6.45) is 2.37. The second-order valence-corrected chi connectivity index (χ2v) is 5.10. The minimum Gasteiger partial charge on any atom is -0.385 e. The number of fused-ring (bicyclic) bond motifs is 1. The molecule has 0 saturated heterocycles. The van der Waals surface area contributed by atoms with E-state index < -0.39 is 0 Å². The molecule has 1 heterocycles. The predicted octanol–water partition coefficient (Wildman–Crippen LogP) is 1.81. The summed E-state index contributed by atoms with van der Waals surface area (Å²) in [4.78, 5) is 23.7. The number of amides is 1. The van der Waals surface area contributed by atoms with E-state index in [4.69, 9.17) is 16.3 Å². The monoisotopic (exact) mass is 308 g/mol. The van der Waals surface area contributed by atoms with Crippen molar-refractivity contribution in [1.82, 2.24) is 9.88 Å². The standard InChI is InChI=1S/C15H17ClN2O3/c1-21-8-2-6-17-15(20)10-18-7-5-14(19)12-4-3-11(16)9-13(12)18/h3-5,7,9H,2,6,8,10H2,1H3,(H,17,20). The molecule has 0 saturated carbocycles. The van der Waals surface area contributed by atoms with Crippen LogP contribution in [0, 0.1) is 0 Å². The number of carbonyl (C=O) groups excluding carboxylic acids is 1. The highest BCUT2D eigenvalue weighted by Gasteiger charge is 2.07. The molecule has 0 aliphatic carbocycles. The Morgan fingerprint density at radius 1 is 1.38 bits per heavy atom. The first-order chi connectivity index (χ1) is 10.1. The molecule has 0 aliphatic rings. The highest BCUT2D eigenvalue weighted by molar-refractivity contribution is 6.31. The molecule has 0 atom stereocenters. The Balaban J connectivity index is 2.15. The van der Waals surface area contributed by atoms with Crippen molar-refractivity contribution >= 4 is 28.4 Å². The van der Waals surface area contributed by atoms with Crippen LogP contribution in [0.2, 0.25) is 5.02 Å². The van der Waals surface area contributed by atoms with E-state index in [1.54, 1.807) is 36.1 Å². The summed E-state index contributed by atoms with van der Waals surface area (Å²) in [5.74, 6) is -0.115. The Morgan fingerprint density at radius 3 is 2.95 bits per heavy atom. The first-order valence-electron chi connectivity index (χ1n) is 6.66. The van der Waals surface area contributed by atoms with Crippen molar-refractivity contribution in [1.29, 1.82) is 0 Å². The number of ether oxygens (including phenoxy) is 1. The molecule has 0 bridgehead atoms. The third-order valence-corrected chi connectivity index (χ3v) is 3.34. The van der Waals surface area contributed by atoms with Gasteiger partial charge in [0.2, 0.25) is 5.91 Å². The Bertz CT molecular complexity index is 697. The second-order valence-electron chi connectivity index (χ2n) is 4.67. The molecule has 1 aromatic carbocycles. The van der Waals surface area contributed by atoms with Gasteiger partial charge in [0.15, 0.2) is 5.43 Å². The zero-order chi connectivity index (χ0) is 15.2. The van der Waals surface area contributed by atoms with Crippen LogP contribution in [0.15, 0.2) is 35.3 Å². The zero-order valence-corrected chi connectivity index (χ0v) is 12.5. The lowest BCUT2D eigenvalue weighted by Gasteiger charge is -2.11. The van der Waals surface area contributed by atoms with E-state index in [-0.39, 0.29) is 17.9 Å². The molecule has 2 rings (SSSR count). The largest absolute Gasteiger partial charge is 0.385 e. The fourth-order valence-corrected chi connectivity index (χ4v) is 2.24. The highest BCUT2D eigenvalue weighted by atomic mass is 35.5. The molecular weight excluding hydrogens is 292 g/mol. The van der Waals surface area contributed by atoms with Crippen LogP contribution in [0.1, 0.15) is 6.42 Å². The smallest absolute Gasteiger partial charge is 0.239 e. The Kier molecular flexibility index (Phi) is 5.36. The maximum Gasteiger partial charge on any atom is 0.239 e. The molecular formula is C15H17ClN2O3. The highest BCUT2D eigenvalue weighted by Crippen LogP contribution is 2.16. The number of hydrogen-bond donors (Lipinski definition) is 1. The van der Waals surface area contributed by atoms with E-state index in [1.165, 1.54) is 6.07 Å². The van der Waals surface area contributed by atoms with E-state index in [0.717, 1.165) is 6.42 Å². The Morgan fingerprint density at radius 2 is 2.19 bits per heavy atom. The van der Waals surface area contributed by atoms with Gasteiger partial charge in [-0.05, 0) is 24.6 Å². The molecule has 0 aliphatic heterocycles. The average Bonchev–Trinajstić information content (AvgIpc) is 2.46. The van der Waals surface area contributed by atoms with Crippen LogP contribution >= 0.6 is 11.6 Å². The van der Waals surface area contributed by atoms with E-state index in [1.807, 2.05) is 0 Å². The first kappa shape index (κ1) is 15.5. The molecule has 0 radical (unpaired) electrons.